The monoisotopic (exact) mass is 316 g/mol. The van der Waals surface area contributed by atoms with Crippen molar-refractivity contribution >= 4 is 18.2 Å². The molecule has 0 aliphatic carbocycles. The summed E-state index contributed by atoms with van der Waals surface area (Å²) < 4.78 is 0. The minimum absolute atomic E-state index is 0.0934. The quantitative estimate of drug-likeness (QED) is 0.589. The van der Waals surface area contributed by atoms with E-state index in [-0.39, 0.29) is 24.8 Å². The minimum Gasteiger partial charge on any atom is -0.358 e. The van der Waals surface area contributed by atoms with Crippen LogP contribution in [-0.2, 0) is 20.9 Å². The molecular weight excluding hydrogens is 296 g/mol. The normalized spacial score (nSPS) is 20.4. The average Bonchev–Trinajstić information content (AvgIpc) is 2.97. The Labute approximate surface area is 134 Å². The first kappa shape index (κ1) is 15.5. The Bertz CT molecular complexity index is 619. The standard InChI is InChI=1S/C16H20N4O3/c21-11-17-7-6-14(22)18-15-13-5-2-1-4-12(13)10-19-8-3-9-20(19)16(15)23/h1-2,4-5,11,15H,3,6-10H2,(H,17,21)(H,18,22). The van der Waals surface area contributed by atoms with Gasteiger partial charge in [-0.15, -0.1) is 0 Å². The molecule has 1 aromatic carbocycles. The van der Waals surface area contributed by atoms with Gasteiger partial charge in [-0.3, -0.25) is 19.4 Å². The van der Waals surface area contributed by atoms with Crippen molar-refractivity contribution in [3.63, 3.8) is 0 Å². The fraction of sp³-hybridized carbons (Fsp3) is 0.438. The largest absolute Gasteiger partial charge is 0.358 e. The van der Waals surface area contributed by atoms with Crippen LogP contribution in [-0.4, -0.2) is 47.9 Å². The van der Waals surface area contributed by atoms with E-state index in [1.54, 1.807) is 5.01 Å². The van der Waals surface area contributed by atoms with E-state index in [1.165, 1.54) is 0 Å². The molecule has 0 saturated carbocycles. The summed E-state index contributed by atoms with van der Waals surface area (Å²) in [5.41, 5.74) is 1.91. The second-order valence-electron chi connectivity index (χ2n) is 5.72. The molecule has 1 fully saturated rings. The Morgan fingerprint density at radius 2 is 2.13 bits per heavy atom. The summed E-state index contributed by atoms with van der Waals surface area (Å²) in [6.45, 7) is 2.48. The molecule has 3 amide bonds. The molecule has 0 radical (unpaired) electrons. The SMILES string of the molecule is O=CNCCC(=O)NC1C(=O)N2CCCN2Cc2ccccc21. The van der Waals surface area contributed by atoms with Gasteiger partial charge in [-0.2, -0.15) is 0 Å². The van der Waals surface area contributed by atoms with Gasteiger partial charge in [-0.05, 0) is 17.5 Å². The lowest BCUT2D eigenvalue weighted by Gasteiger charge is -2.27. The van der Waals surface area contributed by atoms with Crippen LogP contribution in [0.1, 0.15) is 30.0 Å². The molecular formula is C16H20N4O3. The van der Waals surface area contributed by atoms with E-state index in [4.69, 9.17) is 0 Å². The van der Waals surface area contributed by atoms with E-state index < -0.39 is 6.04 Å². The Morgan fingerprint density at radius 1 is 1.30 bits per heavy atom. The van der Waals surface area contributed by atoms with Crippen LogP contribution in [0, 0.1) is 0 Å². The number of hydrazine groups is 1. The summed E-state index contributed by atoms with van der Waals surface area (Å²) >= 11 is 0. The van der Waals surface area contributed by atoms with Crippen molar-refractivity contribution in [2.75, 3.05) is 19.6 Å². The van der Waals surface area contributed by atoms with Crippen molar-refractivity contribution in [3.8, 4) is 0 Å². The van der Waals surface area contributed by atoms with Crippen LogP contribution < -0.4 is 10.6 Å². The fourth-order valence-corrected chi connectivity index (χ4v) is 3.13. The van der Waals surface area contributed by atoms with Crippen LogP contribution in [0.15, 0.2) is 24.3 Å². The van der Waals surface area contributed by atoms with Gasteiger partial charge < -0.3 is 10.6 Å². The zero-order valence-corrected chi connectivity index (χ0v) is 12.8. The third-order valence-electron chi connectivity index (χ3n) is 4.23. The summed E-state index contributed by atoms with van der Waals surface area (Å²) in [6, 6.07) is 7.05. The number of carbonyl (C=O) groups excluding carboxylic acids is 3. The van der Waals surface area contributed by atoms with Crippen LogP contribution in [0.2, 0.25) is 0 Å². The molecule has 7 nitrogen and oxygen atoms in total. The molecule has 0 spiro atoms. The zero-order valence-electron chi connectivity index (χ0n) is 12.8. The number of hydrogen-bond donors (Lipinski definition) is 2. The molecule has 1 unspecified atom stereocenters. The smallest absolute Gasteiger partial charge is 0.264 e. The summed E-state index contributed by atoms with van der Waals surface area (Å²) in [5, 5.41) is 9.06. The highest BCUT2D eigenvalue weighted by atomic mass is 16.2. The van der Waals surface area contributed by atoms with Crippen molar-refractivity contribution in [1.82, 2.24) is 20.7 Å². The average molecular weight is 316 g/mol. The summed E-state index contributed by atoms with van der Waals surface area (Å²) in [6.07, 6.45) is 1.65. The Hall–Kier alpha value is -2.41. The lowest BCUT2D eigenvalue weighted by Crippen LogP contribution is -2.45. The highest BCUT2D eigenvalue weighted by Crippen LogP contribution is 2.29. The predicted octanol–water partition coefficient (Wildman–Crippen LogP) is -0.0571. The molecule has 2 aliphatic rings. The summed E-state index contributed by atoms with van der Waals surface area (Å²) in [4.78, 5) is 35.2. The van der Waals surface area contributed by atoms with Crippen molar-refractivity contribution in [1.29, 1.82) is 0 Å². The van der Waals surface area contributed by atoms with Crippen molar-refractivity contribution in [2.45, 2.75) is 25.4 Å². The number of nitrogens with one attached hydrogen (secondary N) is 2. The molecule has 1 aromatic rings. The molecule has 1 atom stereocenters. The number of nitrogens with zero attached hydrogens (tertiary/aromatic N) is 2. The highest BCUT2D eigenvalue weighted by Gasteiger charge is 2.37. The fourth-order valence-electron chi connectivity index (χ4n) is 3.13. The van der Waals surface area contributed by atoms with Crippen LogP contribution in [0.25, 0.3) is 0 Å². The Morgan fingerprint density at radius 3 is 2.96 bits per heavy atom. The molecule has 7 heteroatoms. The second-order valence-corrected chi connectivity index (χ2v) is 5.72. The molecule has 122 valence electrons. The van der Waals surface area contributed by atoms with Gasteiger partial charge >= 0.3 is 0 Å². The van der Waals surface area contributed by atoms with E-state index in [1.807, 2.05) is 29.3 Å². The summed E-state index contributed by atoms with van der Waals surface area (Å²) in [5.74, 6) is -0.343. The van der Waals surface area contributed by atoms with Gasteiger partial charge in [0.15, 0.2) is 0 Å². The van der Waals surface area contributed by atoms with E-state index in [0.29, 0.717) is 19.5 Å². The van der Waals surface area contributed by atoms with Gasteiger partial charge in [0.2, 0.25) is 12.3 Å². The van der Waals surface area contributed by atoms with Crippen molar-refractivity contribution < 1.29 is 14.4 Å². The van der Waals surface area contributed by atoms with E-state index >= 15 is 0 Å². The second kappa shape index (κ2) is 6.78. The van der Waals surface area contributed by atoms with Crippen molar-refractivity contribution in [2.24, 2.45) is 0 Å². The van der Waals surface area contributed by atoms with Crippen molar-refractivity contribution in [3.05, 3.63) is 35.4 Å². The van der Waals surface area contributed by atoms with Gasteiger partial charge in [-0.1, -0.05) is 24.3 Å². The number of rotatable bonds is 5. The number of fused-ring (bicyclic) bond motifs is 2. The van der Waals surface area contributed by atoms with E-state index in [2.05, 4.69) is 10.6 Å². The third kappa shape index (κ3) is 3.19. The van der Waals surface area contributed by atoms with Gasteiger partial charge in [0.25, 0.3) is 5.91 Å². The third-order valence-corrected chi connectivity index (χ3v) is 4.23. The molecule has 3 rings (SSSR count). The van der Waals surface area contributed by atoms with Gasteiger partial charge in [-0.25, -0.2) is 5.01 Å². The maximum Gasteiger partial charge on any atom is 0.264 e. The molecule has 2 heterocycles. The number of carbonyl (C=O) groups is 3. The summed E-state index contributed by atoms with van der Waals surface area (Å²) in [7, 11) is 0. The maximum atomic E-state index is 12.9. The Kier molecular flexibility index (Phi) is 4.57. The zero-order chi connectivity index (χ0) is 16.2. The maximum absolute atomic E-state index is 12.9. The van der Waals surface area contributed by atoms with Gasteiger partial charge in [0.1, 0.15) is 6.04 Å². The topological polar surface area (TPSA) is 81.8 Å². The predicted molar refractivity (Wildman–Crippen MR) is 82.7 cm³/mol. The first-order valence-corrected chi connectivity index (χ1v) is 7.81. The molecule has 1 saturated heterocycles. The van der Waals surface area contributed by atoms with Crippen LogP contribution in [0.4, 0.5) is 0 Å². The first-order valence-electron chi connectivity index (χ1n) is 7.81. The first-order chi connectivity index (χ1) is 11.2. The Balaban J connectivity index is 1.82. The van der Waals surface area contributed by atoms with Gasteiger partial charge in [0.05, 0.1) is 0 Å². The lowest BCUT2D eigenvalue weighted by atomic mass is 9.99. The van der Waals surface area contributed by atoms with Gasteiger partial charge in [0, 0.05) is 32.6 Å². The number of benzene rings is 1. The highest BCUT2D eigenvalue weighted by molar-refractivity contribution is 5.89. The number of hydrogen-bond acceptors (Lipinski definition) is 4. The molecule has 0 bridgehead atoms. The van der Waals surface area contributed by atoms with E-state index in [9.17, 15) is 14.4 Å². The van der Waals surface area contributed by atoms with Crippen LogP contribution >= 0.6 is 0 Å². The molecule has 2 N–H and O–H groups in total. The molecule has 2 aliphatic heterocycles. The molecule has 0 aromatic heterocycles. The van der Waals surface area contributed by atoms with E-state index in [0.717, 1.165) is 24.1 Å². The minimum atomic E-state index is -0.668. The number of amides is 3. The molecule has 23 heavy (non-hydrogen) atoms. The van der Waals surface area contributed by atoms with Crippen LogP contribution in [0.5, 0.6) is 0 Å². The van der Waals surface area contributed by atoms with Crippen LogP contribution in [0.3, 0.4) is 0 Å². The lowest BCUT2D eigenvalue weighted by molar-refractivity contribution is -0.147.